The number of carbonyl (C=O) groups is 2. The van der Waals surface area contributed by atoms with Gasteiger partial charge in [0.15, 0.2) is 11.7 Å². The van der Waals surface area contributed by atoms with Gasteiger partial charge >= 0.3 is 0 Å². The zero-order valence-corrected chi connectivity index (χ0v) is 17.2. The number of nitrogens with one attached hydrogen (secondary N) is 3. The third-order valence-corrected chi connectivity index (χ3v) is 4.37. The lowest BCUT2D eigenvalue weighted by molar-refractivity contribution is -0.123. The van der Waals surface area contributed by atoms with Crippen molar-refractivity contribution in [1.82, 2.24) is 16.2 Å². The molecular formula is C23H21N3O3S. The van der Waals surface area contributed by atoms with Gasteiger partial charge in [-0.15, -0.1) is 0 Å². The Morgan fingerprint density at radius 2 is 1.70 bits per heavy atom. The molecule has 0 aliphatic heterocycles. The minimum Gasteiger partial charge on any atom is -0.483 e. The number of hydrogen-bond donors (Lipinski definition) is 3. The van der Waals surface area contributed by atoms with E-state index in [-0.39, 0.29) is 11.7 Å². The topological polar surface area (TPSA) is 79.5 Å². The molecule has 0 bridgehead atoms. The minimum absolute atomic E-state index is 0.0212. The average Bonchev–Trinajstić information content (AvgIpc) is 2.76. The van der Waals surface area contributed by atoms with Crippen LogP contribution in [0.1, 0.15) is 11.1 Å². The predicted octanol–water partition coefficient (Wildman–Crippen LogP) is 3.26. The van der Waals surface area contributed by atoms with Crippen molar-refractivity contribution in [3.63, 3.8) is 0 Å². The Hall–Kier alpha value is -3.71. The van der Waals surface area contributed by atoms with Gasteiger partial charge in [0.2, 0.25) is 5.91 Å². The molecule has 0 aliphatic carbocycles. The van der Waals surface area contributed by atoms with E-state index in [2.05, 4.69) is 16.2 Å². The molecule has 2 amide bonds. The molecule has 7 heteroatoms. The van der Waals surface area contributed by atoms with Crippen LogP contribution in [0.25, 0.3) is 16.8 Å². The van der Waals surface area contributed by atoms with Crippen LogP contribution in [-0.2, 0) is 9.59 Å². The molecule has 0 saturated heterocycles. The number of aryl methyl sites for hydroxylation is 1. The van der Waals surface area contributed by atoms with Crippen molar-refractivity contribution in [3.8, 4) is 5.75 Å². The molecule has 3 rings (SSSR count). The maximum Gasteiger partial charge on any atom is 0.276 e. The van der Waals surface area contributed by atoms with Gasteiger partial charge in [-0.3, -0.25) is 25.8 Å². The monoisotopic (exact) mass is 419 g/mol. The lowest BCUT2D eigenvalue weighted by Crippen LogP contribution is -2.49. The van der Waals surface area contributed by atoms with E-state index in [0.717, 1.165) is 21.9 Å². The highest BCUT2D eigenvalue weighted by Gasteiger charge is 2.07. The van der Waals surface area contributed by atoms with Crippen LogP contribution in [0, 0.1) is 6.92 Å². The Morgan fingerprint density at radius 3 is 2.50 bits per heavy atom. The second kappa shape index (κ2) is 10.2. The highest BCUT2D eigenvalue weighted by Crippen LogP contribution is 2.24. The van der Waals surface area contributed by atoms with Crippen LogP contribution in [0.3, 0.4) is 0 Å². The number of fused-ring (bicyclic) bond motifs is 1. The van der Waals surface area contributed by atoms with Crippen molar-refractivity contribution in [3.05, 3.63) is 83.9 Å². The molecule has 0 unspecified atom stereocenters. The summed E-state index contributed by atoms with van der Waals surface area (Å²) in [4.78, 5) is 23.9. The van der Waals surface area contributed by atoms with E-state index in [1.54, 1.807) is 12.1 Å². The molecule has 0 aromatic heterocycles. The predicted molar refractivity (Wildman–Crippen MR) is 122 cm³/mol. The van der Waals surface area contributed by atoms with Gasteiger partial charge in [0, 0.05) is 11.5 Å². The van der Waals surface area contributed by atoms with Crippen LogP contribution in [0.15, 0.2) is 72.8 Å². The molecule has 30 heavy (non-hydrogen) atoms. The molecule has 6 nitrogen and oxygen atoms in total. The molecule has 0 heterocycles. The summed E-state index contributed by atoms with van der Waals surface area (Å²) in [7, 11) is 0. The number of benzene rings is 3. The molecule has 0 radical (unpaired) electrons. The molecule has 0 aliphatic rings. The summed E-state index contributed by atoms with van der Waals surface area (Å²) >= 11 is 5.01. The Labute approximate surface area is 179 Å². The lowest BCUT2D eigenvalue weighted by Gasteiger charge is -2.11. The summed E-state index contributed by atoms with van der Waals surface area (Å²) in [5, 5.41) is 4.38. The number of hydrazine groups is 1. The van der Waals surface area contributed by atoms with E-state index in [4.69, 9.17) is 17.0 Å². The summed E-state index contributed by atoms with van der Waals surface area (Å²) in [5.41, 5.74) is 6.91. The third kappa shape index (κ3) is 6.15. The first kappa shape index (κ1) is 21.0. The van der Waals surface area contributed by atoms with Crippen LogP contribution in [0.4, 0.5) is 0 Å². The molecule has 0 spiro atoms. The number of ether oxygens (including phenoxy) is 1. The Morgan fingerprint density at radius 1 is 0.967 bits per heavy atom. The SMILES string of the molecule is Cc1ccc(C=CC(=O)NC(=S)NNC(=O)COc2cccc3ccccc23)cc1. The van der Waals surface area contributed by atoms with Gasteiger partial charge in [0.1, 0.15) is 5.75 Å². The fraction of sp³-hybridized carbons (Fsp3) is 0.0870. The Kier molecular flexibility index (Phi) is 7.13. The number of carbonyl (C=O) groups excluding carboxylic acids is 2. The van der Waals surface area contributed by atoms with Gasteiger partial charge in [0.05, 0.1) is 0 Å². The third-order valence-electron chi connectivity index (χ3n) is 4.17. The molecule has 152 valence electrons. The van der Waals surface area contributed by atoms with E-state index >= 15 is 0 Å². The largest absolute Gasteiger partial charge is 0.483 e. The maximum atomic E-state index is 12.0. The van der Waals surface area contributed by atoms with Crippen LogP contribution >= 0.6 is 12.2 Å². The first-order valence-electron chi connectivity index (χ1n) is 9.26. The first-order valence-corrected chi connectivity index (χ1v) is 9.67. The van der Waals surface area contributed by atoms with Crippen LogP contribution in [0.2, 0.25) is 0 Å². The fourth-order valence-corrected chi connectivity index (χ4v) is 2.81. The van der Waals surface area contributed by atoms with E-state index in [0.29, 0.717) is 5.75 Å². The Bertz CT molecular complexity index is 1090. The maximum absolute atomic E-state index is 12.0. The van der Waals surface area contributed by atoms with Crippen LogP contribution in [0.5, 0.6) is 5.75 Å². The first-order chi connectivity index (χ1) is 14.5. The quantitative estimate of drug-likeness (QED) is 0.336. The molecule has 3 N–H and O–H groups in total. The van der Waals surface area contributed by atoms with E-state index in [9.17, 15) is 9.59 Å². The summed E-state index contributed by atoms with van der Waals surface area (Å²) in [6, 6.07) is 21.1. The normalized spacial score (nSPS) is 10.6. The van der Waals surface area contributed by atoms with Crippen molar-refractivity contribution in [2.45, 2.75) is 6.92 Å². The molecule has 0 atom stereocenters. The van der Waals surface area contributed by atoms with Gasteiger partial charge in [-0.1, -0.05) is 66.2 Å². The number of thiocarbonyl (C=S) groups is 1. The Balaban J connectivity index is 1.42. The van der Waals surface area contributed by atoms with E-state index in [1.165, 1.54) is 6.08 Å². The van der Waals surface area contributed by atoms with Gasteiger partial charge < -0.3 is 4.74 Å². The van der Waals surface area contributed by atoms with Crippen molar-refractivity contribution < 1.29 is 14.3 Å². The van der Waals surface area contributed by atoms with Crippen molar-refractivity contribution in [2.75, 3.05) is 6.61 Å². The van der Waals surface area contributed by atoms with Gasteiger partial charge in [0.25, 0.3) is 5.91 Å². The average molecular weight is 420 g/mol. The van der Waals surface area contributed by atoms with E-state index < -0.39 is 11.8 Å². The summed E-state index contributed by atoms with van der Waals surface area (Å²) in [6.07, 6.45) is 3.04. The summed E-state index contributed by atoms with van der Waals surface area (Å²) in [6.45, 7) is 1.79. The van der Waals surface area contributed by atoms with Crippen molar-refractivity contribution in [1.29, 1.82) is 0 Å². The molecule has 3 aromatic carbocycles. The summed E-state index contributed by atoms with van der Waals surface area (Å²) in [5.74, 6) is -0.232. The van der Waals surface area contributed by atoms with Gasteiger partial charge in [-0.25, -0.2) is 0 Å². The number of rotatable bonds is 5. The minimum atomic E-state index is -0.435. The smallest absolute Gasteiger partial charge is 0.276 e. The van der Waals surface area contributed by atoms with Crippen molar-refractivity contribution >= 4 is 46.0 Å². The zero-order valence-electron chi connectivity index (χ0n) is 16.3. The summed E-state index contributed by atoms with van der Waals surface area (Å²) < 4.78 is 5.60. The second-order valence-corrected chi connectivity index (χ2v) is 6.91. The fourth-order valence-electron chi connectivity index (χ4n) is 2.66. The number of hydrogen-bond acceptors (Lipinski definition) is 4. The van der Waals surface area contributed by atoms with Crippen LogP contribution < -0.4 is 20.9 Å². The molecular weight excluding hydrogens is 398 g/mol. The molecule has 0 fully saturated rings. The molecule has 3 aromatic rings. The van der Waals surface area contributed by atoms with Gasteiger partial charge in [-0.05, 0) is 42.2 Å². The highest BCUT2D eigenvalue weighted by atomic mass is 32.1. The van der Waals surface area contributed by atoms with Crippen molar-refractivity contribution in [2.24, 2.45) is 0 Å². The highest BCUT2D eigenvalue weighted by molar-refractivity contribution is 7.80. The van der Waals surface area contributed by atoms with E-state index in [1.807, 2.05) is 67.6 Å². The van der Waals surface area contributed by atoms with Gasteiger partial charge in [-0.2, -0.15) is 0 Å². The second-order valence-electron chi connectivity index (χ2n) is 6.50. The molecule has 0 saturated carbocycles. The lowest BCUT2D eigenvalue weighted by atomic mass is 10.1. The van der Waals surface area contributed by atoms with Crippen LogP contribution in [-0.4, -0.2) is 23.5 Å². The zero-order chi connectivity index (χ0) is 21.3. The number of amides is 2. The standard InChI is InChI=1S/C23H21N3O3S/c1-16-9-11-17(12-10-16)13-14-21(27)24-23(30)26-25-22(28)15-29-20-8-4-6-18-5-2-3-7-19(18)20/h2-14H,15H2,1H3,(H,25,28)(H2,24,26,27,30).